The quantitative estimate of drug-likeness (QED) is 0.880. The van der Waals surface area contributed by atoms with Gasteiger partial charge in [0, 0.05) is 22.9 Å². The molecule has 2 aromatic rings. The maximum absolute atomic E-state index is 12.8. The van der Waals surface area contributed by atoms with E-state index >= 15 is 0 Å². The fraction of sp³-hybridized carbons (Fsp3) is 0.333. The Balaban J connectivity index is 2.23. The van der Waals surface area contributed by atoms with Crippen LogP contribution in [0.4, 0.5) is 13.2 Å². The molecule has 0 spiro atoms. The predicted octanol–water partition coefficient (Wildman–Crippen LogP) is 4.69. The van der Waals surface area contributed by atoms with E-state index in [2.05, 4.69) is 10.3 Å². The van der Waals surface area contributed by atoms with Crippen molar-refractivity contribution in [1.82, 2.24) is 10.3 Å². The minimum atomic E-state index is -4.41. The zero-order valence-electron chi connectivity index (χ0n) is 13.7. The van der Waals surface area contributed by atoms with Crippen LogP contribution < -0.4 is 5.32 Å². The summed E-state index contributed by atoms with van der Waals surface area (Å²) in [4.78, 5) is 16.1. The van der Waals surface area contributed by atoms with Crippen LogP contribution in [-0.2, 0) is 6.18 Å². The topological polar surface area (TPSA) is 42.0 Å². The van der Waals surface area contributed by atoms with Crippen molar-refractivity contribution in [3.8, 4) is 11.3 Å². The monoisotopic (exact) mass is 336 g/mol. The highest BCUT2D eigenvalue weighted by Gasteiger charge is 2.30. The second-order valence-corrected chi connectivity index (χ2v) is 6.20. The van der Waals surface area contributed by atoms with E-state index in [1.165, 1.54) is 0 Å². The first kappa shape index (κ1) is 18.0. The number of carbonyl (C=O) groups is 1. The summed E-state index contributed by atoms with van der Waals surface area (Å²) < 4.78 is 38.3. The zero-order chi connectivity index (χ0) is 18.0. The molecule has 1 amide bonds. The van der Waals surface area contributed by atoms with Crippen LogP contribution in [0.1, 0.15) is 43.1 Å². The number of benzene rings is 1. The van der Waals surface area contributed by atoms with Gasteiger partial charge in [-0.15, -0.1) is 0 Å². The second-order valence-electron chi connectivity index (χ2n) is 6.20. The normalized spacial score (nSPS) is 12.1. The van der Waals surface area contributed by atoms with Gasteiger partial charge in [-0.2, -0.15) is 13.2 Å². The van der Waals surface area contributed by atoms with Gasteiger partial charge < -0.3 is 5.32 Å². The highest BCUT2D eigenvalue weighted by molar-refractivity contribution is 5.95. The van der Waals surface area contributed by atoms with E-state index in [0.717, 1.165) is 24.8 Å². The third kappa shape index (κ3) is 4.34. The maximum Gasteiger partial charge on any atom is 0.416 e. The van der Waals surface area contributed by atoms with Crippen molar-refractivity contribution in [2.24, 2.45) is 0 Å². The molecule has 0 aliphatic heterocycles. The Morgan fingerprint density at radius 1 is 1.12 bits per heavy atom. The molecule has 2 rings (SSSR count). The van der Waals surface area contributed by atoms with Crippen molar-refractivity contribution in [2.45, 2.75) is 38.9 Å². The molecule has 128 valence electrons. The molecule has 1 aromatic heterocycles. The molecule has 3 nitrogen and oxygen atoms in total. The highest BCUT2D eigenvalue weighted by Crippen LogP contribution is 2.31. The Labute approximate surface area is 138 Å². The lowest BCUT2D eigenvalue weighted by molar-refractivity contribution is -0.137. The molecule has 0 atom stereocenters. The summed E-state index contributed by atoms with van der Waals surface area (Å²) in [5, 5.41) is 2.91. The predicted molar refractivity (Wildman–Crippen MR) is 86.5 cm³/mol. The molecule has 6 heteroatoms. The van der Waals surface area contributed by atoms with Crippen LogP contribution in [0.2, 0.25) is 0 Å². The van der Waals surface area contributed by atoms with Gasteiger partial charge >= 0.3 is 6.18 Å². The van der Waals surface area contributed by atoms with Crippen molar-refractivity contribution in [1.29, 1.82) is 0 Å². The van der Waals surface area contributed by atoms with Gasteiger partial charge in [0.1, 0.15) is 0 Å². The summed E-state index contributed by atoms with van der Waals surface area (Å²) in [6.07, 6.45) is -2.50. The first-order valence-electron chi connectivity index (χ1n) is 7.58. The van der Waals surface area contributed by atoms with Crippen molar-refractivity contribution >= 4 is 5.91 Å². The standard InChI is InChI=1S/C18H19F3N2O/c1-4-17(2,3)23-16(24)13-7-5-12(6-8-13)15-11-14(9-10-22-15)18(19,20)21/h5-11H,4H2,1-3H3,(H,23,24). The van der Waals surface area contributed by atoms with Crippen LogP contribution in [-0.4, -0.2) is 16.4 Å². The van der Waals surface area contributed by atoms with Gasteiger partial charge in [-0.3, -0.25) is 9.78 Å². The second kappa shape index (κ2) is 6.63. The largest absolute Gasteiger partial charge is 0.416 e. The van der Waals surface area contributed by atoms with E-state index in [1.807, 2.05) is 20.8 Å². The number of alkyl halides is 3. The average Bonchev–Trinajstić information content (AvgIpc) is 2.54. The number of nitrogens with zero attached hydrogens (tertiary/aromatic N) is 1. The molecule has 1 N–H and O–H groups in total. The first-order valence-corrected chi connectivity index (χ1v) is 7.58. The van der Waals surface area contributed by atoms with Crippen LogP contribution in [0.15, 0.2) is 42.6 Å². The molecule has 1 heterocycles. The number of carbonyl (C=O) groups excluding carboxylic acids is 1. The third-order valence-corrected chi connectivity index (χ3v) is 3.87. The fourth-order valence-corrected chi connectivity index (χ4v) is 2.02. The van der Waals surface area contributed by atoms with Crippen molar-refractivity contribution in [2.75, 3.05) is 0 Å². The number of nitrogens with one attached hydrogen (secondary N) is 1. The SMILES string of the molecule is CCC(C)(C)NC(=O)c1ccc(-c2cc(C(F)(F)F)ccn2)cc1. The number of aromatic nitrogens is 1. The van der Waals surface area contributed by atoms with Crippen LogP contribution in [0, 0.1) is 0 Å². The van der Waals surface area contributed by atoms with E-state index in [9.17, 15) is 18.0 Å². The number of halogens is 3. The average molecular weight is 336 g/mol. The van der Waals surface area contributed by atoms with Crippen molar-refractivity contribution < 1.29 is 18.0 Å². The number of hydrogen-bond acceptors (Lipinski definition) is 2. The van der Waals surface area contributed by atoms with Gasteiger partial charge in [-0.25, -0.2) is 0 Å². The molecule has 24 heavy (non-hydrogen) atoms. The molecule has 0 saturated carbocycles. The van der Waals surface area contributed by atoms with Gasteiger partial charge in [-0.1, -0.05) is 19.1 Å². The molecule has 0 aliphatic carbocycles. The maximum atomic E-state index is 12.8. The molecule has 0 unspecified atom stereocenters. The number of pyridine rings is 1. The fourth-order valence-electron chi connectivity index (χ4n) is 2.02. The summed E-state index contributed by atoms with van der Waals surface area (Å²) in [6.45, 7) is 5.82. The summed E-state index contributed by atoms with van der Waals surface area (Å²) in [6, 6.07) is 8.27. The molecule has 0 radical (unpaired) electrons. The first-order chi connectivity index (χ1) is 11.1. The van der Waals surface area contributed by atoms with E-state index in [4.69, 9.17) is 0 Å². The minimum Gasteiger partial charge on any atom is -0.347 e. The minimum absolute atomic E-state index is 0.214. The van der Waals surface area contributed by atoms with E-state index < -0.39 is 11.7 Å². The lowest BCUT2D eigenvalue weighted by Gasteiger charge is -2.24. The van der Waals surface area contributed by atoms with Gasteiger partial charge in [0.2, 0.25) is 0 Å². The zero-order valence-corrected chi connectivity index (χ0v) is 13.7. The lowest BCUT2D eigenvalue weighted by Crippen LogP contribution is -2.42. The number of rotatable bonds is 4. The van der Waals surface area contributed by atoms with E-state index in [1.54, 1.807) is 24.3 Å². The smallest absolute Gasteiger partial charge is 0.347 e. The van der Waals surface area contributed by atoms with Crippen LogP contribution >= 0.6 is 0 Å². The van der Waals surface area contributed by atoms with E-state index in [0.29, 0.717) is 11.1 Å². The van der Waals surface area contributed by atoms with Crippen molar-refractivity contribution in [3.63, 3.8) is 0 Å². The highest BCUT2D eigenvalue weighted by atomic mass is 19.4. The molecule has 0 aliphatic rings. The summed E-state index contributed by atoms with van der Waals surface area (Å²) in [5.74, 6) is -0.217. The van der Waals surface area contributed by atoms with Crippen LogP contribution in [0.5, 0.6) is 0 Å². The third-order valence-electron chi connectivity index (χ3n) is 3.87. The molecule has 0 saturated heterocycles. The molecule has 1 aromatic carbocycles. The van der Waals surface area contributed by atoms with Gasteiger partial charge in [0.25, 0.3) is 5.91 Å². The Bertz CT molecular complexity index is 722. The Hall–Kier alpha value is -2.37. The van der Waals surface area contributed by atoms with Crippen LogP contribution in [0.3, 0.4) is 0 Å². The summed E-state index contributed by atoms with van der Waals surface area (Å²) >= 11 is 0. The van der Waals surface area contributed by atoms with Crippen molar-refractivity contribution in [3.05, 3.63) is 53.7 Å². The Morgan fingerprint density at radius 2 is 1.75 bits per heavy atom. The Morgan fingerprint density at radius 3 is 2.29 bits per heavy atom. The number of hydrogen-bond donors (Lipinski definition) is 1. The summed E-state index contributed by atoms with van der Waals surface area (Å²) in [5.41, 5.74) is 0.113. The van der Waals surface area contributed by atoms with Gasteiger partial charge in [-0.05, 0) is 44.5 Å². The van der Waals surface area contributed by atoms with Gasteiger partial charge in [0.05, 0.1) is 11.3 Å². The molecule has 0 bridgehead atoms. The van der Waals surface area contributed by atoms with E-state index in [-0.39, 0.29) is 17.1 Å². The molecular formula is C18H19F3N2O. The number of amides is 1. The molecule has 0 fully saturated rings. The Kier molecular flexibility index (Phi) is 4.96. The lowest BCUT2D eigenvalue weighted by atomic mass is 10.0. The van der Waals surface area contributed by atoms with Gasteiger partial charge in [0.15, 0.2) is 0 Å². The van der Waals surface area contributed by atoms with Crippen LogP contribution in [0.25, 0.3) is 11.3 Å². The molecular weight excluding hydrogens is 317 g/mol. The summed E-state index contributed by atoms with van der Waals surface area (Å²) in [7, 11) is 0.